The summed E-state index contributed by atoms with van der Waals surface area (Å²) in [5.41, 5.74) is 2.26. The van der Waals surface area contributed by atoms with Gasteiger partial charge in [0.05, 0.1) is 25.0 Å². The molecule has 4 nitrogen and oxygen atoms in total. The Balaban J connectivity index is 1.65. The summed E-state index contributed by atoms with van der Waals surface area (Å²) >= 11 is 1.68. The Hall–Kier alpha value is -1.27. The Morgan fingerprint density at radius 1 is 1.35 bits per heavy atom. The number of hydrogen-bond acceptors (Lipinski definition) is 5. The maximum absolute atomic E-state index is 9.16. The van der Waals surface area contributed by atoms with Crippen molar-refractivity contribution in [3.05, 3.63) is 41.4 Å². The Labute approximate surface area is 122 Å². The third kappa shape index (κ3) is 3.24. The van der Waals surface area contributed by atoms with Gasteiger partial charge in [-0.15, -0.1) is 11.3 Å². The Bertz CT molecular complexity index is 544. The minimum atomic E-state index is -0.0593. The van der Waals surface area contributed by atoms with Crippen LogP contribution in [0.15, 0.2) is 35.7 Å². The molecule has 1 aliphatic heterocycles. The number of ether oxygens (including phenoxy) is 1. The van der Waals surface area contributed by atoms with E-state index in [1.807, 2.05) is 18.2 Å². The highest BCUT2D eigenvalue weighted by molar-refractivity contribution is 7.13. The maximum Gasteiger partial charge on any atom is 0.123 e. The third-order valence-corrected chi connectivity index (χ3v) is 4.32. The first-order chi connectivity index (χ1) is 9.85. The van der Waals surface area contributed by atoms with Crippen molar-refractivity contribution < 1.29 is 9.84 Å². The number of aliphatic hydroxyl groups is 1. The normalized spacial score (nSPS) is 20.1. The molecule has 1 saturated heterocycles. The van der Waals surface area contributed by atoms with E-state index >= 15 is 0 Å². The van der Waals surface area contributed by atoms with E-state index in [-0.39, 0.29) is 12.7 Å². The van der Waals surface area contributed by atoms with Crippen molar-refractivity contribution in [1.29, 1.82) is 0 Å². The van der Waals surface area contributed by atoms with Gasteiger partial charge in [0.2, 0.25) is 0 Å². The van der Waals surface area contributed by atoms with Gasteiger partial charge in [-0.05, 0) is 0 Å². The summed E-state index contributed by atoms with van der Waals surface area (Å²) in [5.74, 6) is 0. The summed E-state index contributed by atoms with van der Waals surface area (Å²) in [4.78, 5) is 6.98. The molecule has 1 aromatic carbocycles. The summed E-state index contributed by atoms with van der Waals surface area (Å²) in [5, 5.41) is 12.3. The van der Waals surface area contributed by atoms with Crippen molar-refractivity contribution >= 4 is 11.3 Å². The molecule has 5 heteroatoms. The number of aliphatic hydroxyl groups excluding tert-OH is 1. The van der Waals surface area contributed by atoms with E-state index in [4.69, 9.17) is 14.8 Å². The largest absolute Gasteiger partial charge is 0.394 e. The second-order valence-corrected chi connectivity index (χ2v) is 5.78. The predicted molar refractivity (Wildman–Crippen MR) is 79.7 cm³/mol. The topological polar surface area (TPSA) is 45.6 Å². The predicted octanol–water partition coefficient (Wildman–Crippen LogP) is 2.00. The van der Waals surface area contributed by atoms with Crippen molar-refractivity contribution in [2.45, 2.75) is 12.6 Å². The highest BCUT2D eigenvalue weighted by Crippen LogP contribution is 2.24. The van der Waals surface area contributed by atoms with Crippen LogP contribution in [0.5, 0.6) is 0 Å². The average molecular weight is 290 g/mol. The molecule has 1 unspecified atom stereocenters. The van der Waals surface area contributed by atoms with Gasteiger partial charge in [0.1, 0.15) is 5.01 Å². The number of benzene rings is 1. The highest BCUT2D eigenvalue weighted by atomic mass is 32.1. The lowest BCUT2D eigenvalue weighted by Gasteiger charge is -2.31. The fraction of sp³-hybridized carbons (Fsp3) is 0.400. The summed E-state index contributed by atoms with van der Waals surface area (Å²) < 4.78 is 5.46. The third-order valence-electron chi connectivity index (χ3n) is 3.38. The Kier molecular flexibility index (Phi) is 4.42. The van der Waals surface area contributed by atoms with Crippen LogP contribution >= 0.6 is 11.3 Å². The molecule has 1 aromatic heterocycles. The first kappa shape index (κ1) is 13.7. The lowest BCUT2D eigenvalue weighted by molar-refractivity contribution is -0.0553. The van der Waals surface area contributed by atoms with E-state index in [9.17, 15) is 0 Å². The fourth-order valence-electron chi connectivity index (χ4n) is 2.36. The lowest BCUT2D eigenvalue weighted by atomic mass is 10.2. The molecule has 20 heavy (non-hydrogen) atoms. The van der Waals surface area contributed by atoms with Gasteiger partial charge >= 0.3 is 0 Å². The Morgan fingerprint density at radius 3 is 3.00 bits per heavy atom. The minimum absolute atomic E-state index is 0.0593. The van der Waals surface area contributed by atoms with Gasteiger partial charge in [-0.1, -0.05) is 30.3 Å². The number of morpholine rings is 1. The van der Waals surface area contributed by atoms with Crippen molar-refractivity contribution in [1.82, 2.24) is 9.88 Å². The van der Waals surface area contributed by atoms with E-state index in [1.165, 1.54) is 5.56 Å². The second kappa shape index (κ2) is 6.45. The van der Waals surface area contributed by atoms with Crippen LogP contribution in [0.1, 0.15) is 5.69 Å². The van der Waals surface area contributed by atoms with Crippen LogP contribution in [-0.2, 0) is 11.3 Å². The van der Waals surface area contributed by atoms with E-state index in [2.05, 4.69) is 22.4 Å². The molecule has 0 amide bonds. The molecule has 1 atom stereocenters. The summed E-state index contributed by atoms with van der Waals surface area (Å²) in [6.45, 7) is 3.26. The van der Waals surface area contributed by atoms with E-state index in [0.29, 0.717) is 6.61 Å². The van der Waals surface area contributed by atoms with Crippen LogP contribution in [0.3, 0.4) is 0 Å². The van der Waals surface area contributed by atoms with Crippen molar-refractivity contribution in [3.8, 4) is 10.6 Å². The number of rotatable bonds is 4. The van der Waals surface area contributed by atoms with E-state index < -0.39 is 0 Å². The number of nitrogens with zero attached hydrogens (tertiary/aromatic N) is 2. The maximum atomic E-state index is 9.16. The quantitative estimate of drug-likeness (QED) is 0.935. The van der Waals surface area contributed by atoms with Crippen LogP contribution in [-0.4, -0.2) is 47.4 Å². The van der Waals surface area contributed by atoms with Crippen molar-refractivity contribution in [2.24, 2.45) is 0 Å². The summed E-state index contributed by atoms with van der Waals surface area (Å²) in [6, 6.07) is 10.2. The smallest absolute Gasteiger partial charge is 0.123 e. The molecule has 106 valence electrons. The molecule has 1 N–H and O–H groups in total. The molecule has 0 spiro atoms. The van der Waals surface area contributed by atoms with Gasteiger partial charge < -0.3 is 9.84 Å². The fourth-order valence-corrected chi connectivity index (χ4v) is 3.17. The zero-order valence-corrected chi connectivity index (χ0v) is 12.1. The van der Waals surface area contributed by atoms with Gasteiger partial charge in [0.15, 0.2) is 0 Å². The van der Waals surface area contributed by atoms with Crippen molar-refractivity contribution in [2.75, 3.05) is 26.3 Å². The summed E-state index contributed by atoms with van der Waals surface area (Å²) in [6.07, 6.45) is -0.0593. The van der Waals surface area contributed by atoms with Gasteiger partial charge in [-0.2, -0.15) is 0 Å². The van der Waals surface area contributed by atoms with Crippen LogP contribution in [0.2, 0.25) is 0 Å². The number of aromatic nitrogens is 1. The summed E-state index contributed by atoms with van der Waals surface area (Å²) in [7, 11) is 0. The molecule has 0 radical (unpaired) electrons. The zero-order chi connectivity index (χ0) is 13.8. The van der Waals surface area contributed by atoms with Crippen LogP contribution in [0.4, 0.5) is 0 Å². The van der Waals surface area contributed by atoms with Crippen LogP contribution < -0.4 is 0 Å². The molecule has 1 aliphatic rings. The molecular weight excluding hydrogens is 272 g/mol. The van der Waals surface area contributed by atoms with Gasteiger partial charge in [-0.3, -0.25) is 4.90 Å². The van der Waals surface area contributed by atoms with Gasteiger partial charge in [-0.25, -0.2) is 4.98 Å². The monoisotopic (exact) mass is 290 g/mol. The van der Waals surface area contributed by atoms with Crippen LogP contribution in [0, 0.1) is 0 Å². The molecule has 0 saturated carbocycles. The van der Waals surface area contributed by atoms with Gasteiger partial charge in [0, 0.05) is 30.6 Å². The first-order valence-electron chi connectivity index (χ1n) is 6.80. The minimum Gasteiger partial charge on any atom is -0.394 e. The highest BCUT2D eigenvalue weighted by Gasteiger charge is 2.20. The first-order valence-corrected chi connectivity index (χ1v) is 7.68. The van der Waals surface area contributed by atoms with Crippen LogP contribution in [0.25, 0.3) is 10.6 Å². The lowest BCUT2D eigenvalue weighted by Crippen LogP contribution is -2.43. The SMILES string of the molecule is OCC1CN(Cc2csc(-c3ccccc3)n2)CCO1. The molecule has 1 fully saturated rings. The van der Waals surface area contributed by atoms with E-state index in [0.717, 1.165) is 30.3 Å². The molecule has 3 rings (SSSR count). The van der Waals surface area contributed by atoms with Crippen molar-refractivity contribution in [3.63, 3.8) is 0 Å². The molecule has 2 aromatic rings. The molecule has 2 heterocycles. The molecule has 0 bridgehead atoms. The zero-order valence-electron chi connectivity index (χ0n) is 11.2. The molecular formula is C15H18N2O2S. The molecule has 0 aliphatic carbocycles. The second-order valence-electron chi connectivity index (χ2n) is 4.92. The number of hydrogen-bond donors (Lipinski definition) is 1. The van der Waals surface area contributed by atoms with E-state index in [1.54, 1.807) is 11.3 Å². The standard InChI is InChI=1S/C15H18N2O2S/c18-10-14-9-17(6-7-19-14)8-13-11-20-15(16-13)12-4-2-1-3-5-12/h1-5,11,14,18H,6-10H2. The average Bonchev–Trinajstić information content (AvgIpc) is 2.97. The van der Waals surface area contributed by atoms with Gasteiger partial charge in [0.25, 0.3) is 0 Å². The number of thiazole rings is 1. The Morgan fingerprint density at radius 2 is 2.20 bits per heavy atom.